The summed E-state index contributed by atoms with van der Waals surface area (Å²) < 4.78 is 0. The number of nitrogens with two attached hydrogens (primary N) is 1. The van der Waals surface area contributed by atoms with Crippen LogP contribution in [0.3, 0.4) is 0 Å². The number of anilines is 1. The topological polar surface area (TPSA) is 85.1 Å². The summed E-state index contributed by atoms with van der Waals surface area (Å²) in [6.45, 7) is 1.93. The lowest BCUT2D eigenvalue weighted by Crippen LogP contribution is -2.28. The molecule has 126 valence electrons. The molecule has 2 aromatic rings. The monoisotopic (exact) mass is 343 g/mol. The molecule has 3 rings (SSSR count). The van der Waals surface area contributed by atoms with E-state index in [9.17, 15) is 9.59 Å². The fourth-order valence-electron chi connectivity index (χ4n) is 3.63. The van der Waals surface area contributed by atoms with Crippen molar-refractivity contribution in [2.75, 3.05) is 5.32 Å². The summed E-state index contributed by atoms with van der Waals surface area (Å²) in [6, 6.07) is 3.90. The molecule has 24 heavy (non-hydrogen) atoms. The van der Waals surface area contributed by atoms with Crippen LogP contribution in [0, 0.1) is 18.8 Å². The van der Waals surface area contributed by atoms with Crippen LogP contribution in [0.2, 0.25) is 0 Å². The molecule has 0 aliphatic heterocycles. The van der Waals surface area contributed by atoms with Crippen molar-refractivity contribution < 1.29 is 9.59 Å². The Bertz CT molecular complexity index is 730. The van der Waals surface area contributed by atoms with Crippen LogP contribution in [0.5, 0.6) is 0 Å². The van der Waals surface area contributed by atoms with Gasteiger partial charge in [-0.25, -0.2) is 0 Å². The van der Waals surface area contributed by atoms with Crippen LogP contribution in [0.25, 0.3) is 0 Å². The summed E-state index contributed by atoms with van der Waals surface area (Å²) in [5.41, 5.74) is 8.42. The highest BCUT2D eigenvalue weighted by atomic mass is 32.1. The second-order valence-electron chi connectivity index (χ2n) is 6.37. The maximum absolute atomic E-state index is 12.5. The fourth-order valence-corrected chi connectivity index (χ4v) is 4.34. The number of hydrogen-bond acceptors (Lipinski definition) is 4. The van der Waals surface area contributed by atoms with Gasteiger partial charge < -0.3 is 11.1 Å². The molecule has 2 amide bonds. The molecule has 5 nitrogen and oxygen atoms in total. The average molecular weight is 343 g/mol. The molecular formula is C18H21N3O2S. The van der Waals surface area contributed by atoms with Crippen LogP contribution in [0.1, 0.15) is 36.3 Å². The number of thiophene rings is 1. The lowest BCUT2D eigenvalue weighted by molar-refractivity contribution is -0.122. The standard InChI is InChI=1S/C18H21N3O2S/c1-11-4-6-20-9-15(11)21-16(22)8-12-2-3-14(18(19)23)17(12)13-5-7-24-10-13/h4-7,9-10,12,14,17H,2-3,8H2,1H3,(H2,19,23)(H,21,22)/t12-,14-,17-/m0/s1. The van der Waals surface area contributed by atoms with Crippen molar-refractivity contribution in [1.82, 2.24) is 4.98 Å². The quantitative estimate of drug-likeness (QED) is 0.875. The highest BCUT2D eigenvalue weighted by Crippen LogP contribution is 2.46. The predicted octanol–water partition coefficient (Wildman–Crippen LogP) is 3.08. The highest BCUT2D eigenvalue weighted by molar-refractivity contribution is 7.08. The van der Waals surface area contributed by atoms with Crippen molar-refractivity contribution in [3.63, 3.8) is 0 Å². The van der Waals surface area contributed by atoms with Crippen molar-refractivity contribution in [3.8, 4) is 0 Å². The van der Waals surface area contributed by atoms with E-state index >= 15 is 0 Å². The van der Waals surface area contributed by atoms with E-state index < -0.39 is 0 Å². The van der Waals surface area contributed by atoms with Gasteiger partial charge in [-0.15, -0.1) is 0 Å². The number of nitrogens with zero attached hydrogens (tertiary/aromatic N) is 1. The lowest BCUT2D eigenvalue weighted by atomic mass is 9.82. The Kier molecular flexibility index (Phi) is 4.94. The Labute approximate surface area is 145 Å². The molecule has 6 heteroatoms. The van der Waals surface area contributed by atoms with Crippen LogP contribution in [0.4, 0.5) is 5.69 Å². The van der Waals surface area contributed by atoms with E-state index in [0.29, 0.717) is 6.42 Å². The molecule has 1 aliphatic rings. The Morgan fingerprint density at radius 2 is 2.21 bits per heavy atom. The molecule has 2 aromatic heterocycles. The normalized spacial score (nSPS) is 23.1. The molecule has 0 saturated heterocycles. The molecule has 0 spiro atoms. The van der Waals surface area contributed by atoms with Crippen molar-refractivity contribution in [3.05, 3.63) is 46.4 Å². The van der Waals surface area contributed by atoms with Gasteiger partial charge in [0.25, 0.3) is 0 Å². The van der Waals surface area contributed by atoms with E-state index in [1.807, 2.05) is 24.4 Å². The lowest BCUT2D eigenvalue weighted by Gasteiger charge is -2.22. The zero-order valence-corrected chi connectivity index (χ0v) is 14.4. The third-order valence-corrected chi connectivity index (χ3v) is 5.55. The Morgan fingerprint density at radius 3 is 2.88 bits per heavy atom. The van der Waals surface area contributed by atoms with Crippen molar-refractivity contribution in [2.24, 2.45) is 17.6 Å². The van der Waals surface area contributed by atoms with Crippen LogP contribution >= 0.6 is 11.3 Å². The first-order valence-electron chi connectivity index (χ1n) is 8.08. The fraction of sp³-hybridized carbons (Fsp3) is 0.389. The average Bonchev–Trinajstić information content (AvgIpc) is 3.18. The van der Waals surface area contributed by atoms with E-state index in [-0.39, 0.29) is 29.6 Å². The number of carbonyl (C=O) groups excluding carboxylic acids is 2. The molecule has 3 atom stereocenters. The zero-order valence-electron chi connectivity index (χ0n) is 13.6. The molecule has 0 radical (unpaired) electrons. The number of nitrogens with one attached hydrogen (secondary N) is 1. The van der Waals surface area contributed by atoms with Gasteiger partial charge in [0.05, 0.1) is 11.9 Å². The first-order chi connectivity index (χ1) is 11.6. The summed E-state index contributed by atoms with van der Waals surface area (Å²) in [6.07, 6.45) is 5.34. The molecule has 1 saturated carbocycles. The van der Waals surface area contributed by atoms with Gasteiger partial charge in [0, 0.05) is 18.5 Å². The number of aryl methyl sites for hydroxylation is 1. The number of rotatable bonds is 5. The minimum atomic E-state index is -0.266. The minimum Gasteiger partial charge on any atom is -0.369 e. The molecule has 1 fully saturated rings. The predicted molar refractivity (Wildman–Crippen MR) is 94.7 cm³/mol. The van der Waals surface area contributed by atoms with Crippen molar-refractivity contribution in [1.29, 1.82) is 0 Å². The van der Waals surface area contributed by atoms with Gasteiger partial charge in [-0.3, -0.25) is 14.6 Å². The number of hydrogen-bond donors (Lipinski definition) is 2. The van der Waals surface area contributed by atoms with E-state index in [1.165, 1.54) is 0 Å². The second-order valence-corrected chi connectivity index (χ2v) is 7.15. The maximum Gasteiger partial charge on any atom is 0.224 e. The third-order valence-electron chi connectivity index (χ3n) is 4.84. The van der Waals surface area contributed by atoms with Crippen LogP contribution in [-0.2, 0) is 9.59 Å². The number of aromatic nitrogens is 1. The van der Waals surface area contributed by atoms with Gasteiger partial charge in [-0.1, -0.05) is 0 Å². The zero-order chi connectivity index (χ0) is 17.1. The largest absolute Gasteiger partial charge is 0.369 e. The first-order valence-corrected chi connectivity index (χ1v) is 9.02. The third kappa shape index (κ3) is 3.48. The second kappa shape index (κ2) is 7.13. The molecule has 1 aliphatic carbocycles. The maximum atomic E-state index is 12.5. The van der Waals surface area contributed by atoms with Gasteiger partial charge in [0.2, 0.25) is 11.8 Å². The van der Waals surface area contributed by atoms with Crippen molar-refractivity contribution in [2.45, 2.75) is 32.1 Å². The minimum absolute atomic E-state index is 0.0366. The summed E-state index contributed by atoms with van der Waals surface area (Å²) in [5, 5.41) is 6.99. The SMILES string of the molecule is Cc1ccncc1NC(=O)C[C@@H]1CC[C@H](C(N)=O)[C@@H]1c1ccsc1. The molecule has 0 unspecified atom stereocenters. The van der Waals surface area contributed by atoms with Gasteiger partial charge >= 0.3 is 0 Å². The summed E-state index contributed by atoms with van der Waals surface area (Å²) in [5.74, 6) is -0.320. The van der Waals surface area contributed by atoms with E-state index in [2.05, 4.69) is 15.7 Å². The van der Waals surface area contributed by atoms with E-state index in [0.717, 1.165) is 29.7 Å². The van der Waals surface area contributed by atoms with E-state index in [1.54, 1.807) is 23.7 Å². The van der Waals surface area contributed by atoms with Gasteiger partial charge in [-0.05, 0) is 65.6 Å². The number of pyridine rings is 1. The Morgan fingerprint density at radius 1 is 1.38 bits per heavy atom. The van der Waals surface area contributed by atoms with Gasteiger partial charge in [-0.2, -0.15) is 11.3 Å². The molecule has 0 aromatic carbocycles. The van der Waals surface area contributed by atoms with Gasteiger partial charge in [0.1, 0.15) is 0 Å². The number of primary amides is 1. The highest BCUT2D eigenvalue weighted by Gasteiger charge is 2.41. The number of carbonyl (C=O) groups is 2. The smallest absolute Gasteiger partial charge is 0.224 e. The molecular weight excluding hydrogens is 322 g/mol. The summed E-state index contributed by atoms with van der Waals surface area (Å²) in [4.78, 5) is 28.3. The van der Waals surface area contributed by atoms with Crippen LogP contribution in [-0.4, -0.2) is 16.8 Å². The van der Waals surface area contributed by atoms with Crippen molar-refractivity contribution >= 4 is 28.8 Å². The Hall–Kier alpha value is -2.21. The van der Waals surface area contributed by atoms with Crippen LogP contribution < -0.4 is 11.1 Å². The first kappa shape index (κ1) is 16.6. The molecule has 2 heterocycles. The summed E-state index contributed by atoms with van der Waals surface area (Å²) in [7, 11) is 0. The van der Waals surface area contributed by atoms with E-state index in [4.69, 9.17) is 5.73 Å². The Balaban J connectivity index is 1.72. The molecule has 0 bridgehead atoms. The molecule has 3 N–H and O–H groups in total. The number of amides is 2. The summed E-state index contributed by atoms with van der Waals surface area (Å²) >= 11 is 1.60. The van der Waals surface area contributed by atoms with Gasteiger partial charge in [0.15, 0.2) is 0 Å². The van der Waals surface area contributed by atoms with Crippen LogP contribution in [0.15, 0.2) is 35.3 Å².